The number of nitrogens with zero attached hydrogens (tertiary/aromatic N) is 1. The first-order valence-electron chi connectivity index (χ1n) is 10.5. The average Bonchev–Trinajstić information content (AvgIpc) is 3.25. The summed E-state index contributed by atoms with van der Waals surface area (Å²) in [6.45, 7) is 3.42. The number of rotatable bonds is 9. The zero-order valence-electron chi connectivity index (χ0n) is 17.8. The van der Waals surface area contributed by atoms with E-state index in [0.29, 0.717) is 19.4 Å². The molecule has 182 valence electrons. The lowest BCUT2D eigenvalue weighted by Crippen LogP contribution is -2.51. The fraction of sp³-hybridized carbons (Fsp3) is 0.524. The molecule has 1 aromatic rings. The van der Waals surface area contributed by atoms with Crippen molar-refractivity contribution in [3.8, 4) is 0 Å². The van der Waals surface area contributed by atoms with Crippen LogP contribution in [0.3, 0.4) is 0 Å². The Morgan fingerprint density at radius 1 is 1.36 bits per heavy atom. The summed E-state index contributed by atoms with van der Waals surface area (Å²) in [5, 5.41) is 12.4. The summed E-state index contributed by atoms with van der Waals surface area (Å²) in [6.07, 6.45) is -2.63. The molecule has 3 rings (SSSR count). The minimum atomic E-state index is -4.59. The summed E-state index contributed by atoms with van der Waals surface area (Å²) >= 11 is 0. The van der Waals surface area contributed by atoms with Gasteiger partial charge in [0.25, 0.3) is 0 Å². The van der Waals surface area contributed by atoms with E-state index in [9.17, 15) is 32.2 Å². The Balaban J connectivity index is 1.78. The SMILES string of the molecule is C=CC1C[C@]1(NC(=O)C1CCCN1C(=O)CNCO)P(=O)(O)Cc1cccc(C(F)(F)F)c1. The van der Waals surface area contributed by atoms with E-state index in [-0.39, 0.29) is 24.4 Å². The summed E-state index contributed by atoms with van der Waals surface area (Å²) in [5.41, 5.74) is -0.891. The summed E-state index contributed by atoms with van der Waals surface area (Å²) in [4.78, 5) is 37.7. The van der Waals surface area contributed by atoms with Crippen LogP contribution in [-0.2, 0) is 26.5 Å². The lowest BCUT2D eigenvalue weighted by atomic mass is 10.1. The van der Waals surface area contributed by atoms with Crippen molar-refractivity contribution < 1.29 is 37.3 Å². The van der Waals surface area contributed by atoms with Gasteiger partial charge >= 0.3 is 6.18 Å². The van der Waals surface area contributed by atoms with Crippen LogP contribution in [0.4, 0.5) is 13.2 Å². The van der Waals surface area contributed by atoms with Crippen molar-refractivity contribution in [1.29, 1.82) is 0 Å². The summed E-state index contributed by atoms with van der Waals surface area (Å²) < 4.78 is 52.5. The van der Waals surface area contributed by atoms with E-state index >= 15 is 0 Å². The first-order valence-corrected chi connectivity index (χ1v) is 12.3. The molecule has 0 spiro atoms. The minimum Gasteiger partial charge on any atom is -0.381 e. The Bertz CT molecular complexity index is 973. The first-order chi connectivity index (χ1) is 15.4. The molecule has 1 aromatic carbocycles. The number of benzene rings is 1. The monoisotopic (exact) mass is 489 g/mol. The molecular weight excluding hydrogens is 462 g/mol. The van der Waals surface area contributed by atoms with Gasteiger partial charge in [0.1, 0.15) is 11.3 Å². The van der Waals surface area contributed by atoms with Gasteiger partial charge < -0.3 is 20.2 Å². The van der Waals surface area contributed by atoms with E-state index < -0.39 is 55.1 Å². The smallest absolute Gasteiger partial charge is 0.381 e. The Kier molecular flexibility index (Phi) is 7.38. The molecule has 8 nitrogen and oxygen atoms in total. The van der Waals surface area contributed by atoms with Crippen LogP contribution in [-0.4, -0.2) is 57.9 Å². The van der Waals surface area contributed by atoms with Gasteiger partial charge in [-0.3, -0.25) is 19.5 Å². The zero-order valence-corrected chi connectivity index (χ0v) is 18.7. The molecule has 2 fully saturated rings. The van der Waals surface area contributed by atoms with Crippen LogP contribution in [0.1, 0.15) is 30.4 Å². The molecule has 2 aliphatic rings. The van der Waals surface area contributed by atoms with Crippen molar-refractivity contribution in [1.82, 2.24) is 15.5 Å². The second kappa shape index (κ2) is 9.58. The summed E-state index contributed by atoms with van der Waals surface area (Å²) in [5.74, 6) is -1.50. The number of hydrogen-bond donors (Lipinski definition) is 4. The second-order valence-electron chi connectivity index (χ2n) is 8.35. The van der Waals surface area contributed by atoms with Crippen molar-refractivity contribution in [2.45, 2.75) is 42.9 Å². The normalized spacial score (nSPS) is 26.5. The van der Waals surface area contributed by atoms with E-state index in [4.69, 9.17) is 5.11 Å². The van der Waals surface area contributed by atoms with Gasteiger partial charge in [-0.25, -0.2) is 0 Å². The minimum absolute atomic E-state index is 0.0340. The zero-order chi connectivity index (χ0) is 24.4. The molecule has 0 aromatic heterocycles. The van der Waals surface area contributed by atoms with Crippen molar-refractivity contribution in [3.05, 3.63) is 48.0 Å². The number of aliphatic hydroxyl groups excluding tert-OH is 1. The molecule has 1 aliphatic carbocycles. The van der Waals surface area contributed by atoms with Gasteiger partial charge in [0, 0.05) is 12.5 Å². The predicted molar refractivity (Wildman–Crippen MR) is 114 cm³/mol. The van der Waals surface area contributed by atoms with Crippen LogP contribution >= 0.6 is 7.37 Å². The molecule has 4 N–H and O–H groups in total. The first kappa shape index (κ1) is 25.4. The molecule has 1 saturated carbocycles. The Hall–Kier alpha value is -2.20. The molecule has 2 amide bonds. The Morgan fingerprint density at radius 2 is 2.09 bits per heavy atom. The fourth-order valence-corrected chi connectivity index (χ4v) is 6.69. The highest BCUT2D eigenvalue weighted by Crippen LogP contribution is 2.70. The third-order valence-electron chi connectivity index (χ3n) is 6.15. The molecule has 3 unspecified atom stereocenters. The summed E-state index contributed by atoms with van der Waals surface area (Å²) in [7, 11) is -4.23. The van der Waals surface area contributed by atoms with E-state index in [2.05, 4.69) is 17.2 Å². The molecule has 1 saturated heterocycles. The van der Waals surface area contributed by atoms with E-state index in [0.717, 1.165) is 12.1 Å². The molecule has 12 heteroatoms. The van der Waals surface area contributed by atoms with Crippen molar-refractivity contribution >= 4 is 19.2 Å². The van der Waals surface area contributed by atoms with Gasteiger partial charge in [0.15, 0.2) is 0 Å². The van der Waals surface area contributed by atoms with Crippen LogP contribution in [0, 0.1) is 5.92 Å². The third kappa shape index (κ3) is 5.32. The van der Waals surface area contributed by atoms with Crippen LogP contribution in [0.2, 0.25) is 0 Å². The van der Waals surface area contributed by atoms with Crippen LogP contribution in [0.5, 0.6) is 0 Å². The van der Waals surface area contributed by atoms with Crippen molar-refractivity contribution in [2.75, 3.05) is 19.8 Å². The molecule has 4 atom stereocenters. The standard InChI is InChI=1S/C21H27F3N3O5P/c1-2-15-10-20(15,26-19(30)17-7-4-8-27(17)18(29)11-25-13-28)33(31,32)12-14-5-3-6-16(9-14)21(22,23)24/h2-3,5-6,9,15,17,25,28H,1,4,7-8,10-13H2,(H,26,30)(H,31,32)/t15?,17?,20-/m0/s1. The highest BCUT2D eigenvalue weighted by atomic mass is 31.2. The maximum absolute atomic E-state index is 13.4. The molecule has 1 aliphatic heterocycles. The molecular formula is C21H27F3N3O5P. The van der Waals surface area contributed by atoms with Gasteiger partial charge in [0.05, 0.1) is 25.0 Å². The number of carbonyl (C=O) groups excluding carboxylic acids is 2. The second-order valence-corrected chi connectivity index (χ2v) is 10.9. The van der Waals surface area contributed by atoms with Gasteiger partial charge in [-0.05, 0) is 30.9 Å². The number of halogens is 3. The predicted octanol–water partition coefficient (Wildman–Crippen LogP) is 2.02. The van der Waals surface area contributed by atoms with Crippen LogP contribution in [0.15, 0.2) is 36.9 Å². The van der Waals surface area contributed by atoms with Gasteiger partial charge in [-0.1, -0.05) is 24.3 Å². The van der Waals surface area contributed by atoms with E-state index in [1.54, 1.807) is 0 Å². The number of alkyl halides is 3. The maximum atomic E-state index is 13.4. The van der Waals surface area contributed by atoms with Crippen molar-refractivity contribution in [3.63, 3.8) is 0 Å². The average molecular weight is 489 g/mol. The van der Waals surface area contributed by atoms with Crippen molar-refractivity contribution in [2.24, 2.45) is 5.92 Å². The summed E-state index contributed by atoms with van der Waals surface area (Å²) in [6, 6.07) is 3.38. The Labute approximate surface area is 189 Å². The van der Waals surface area contributed by atoms with Gasteiger partial charge in [0.2, 0.25) is 19.2 Å². The molecule has 0 bridgehead atoms. The largest absolute Gasteiger partial charge is 0.416 e. The number of carbonyl (C=O) groups is 2. The molecule has 33 heavy (non-hydrogen) atoms. The maximum Gasteiger partial charge on any atom is 0.416 e. The fourth-order valence-electron chi connectivity index (χ4n) is 4.32. The number of likely N-dealkylation sites (tertiary alicyclic amines) is 1. The van der Waals surface area contributed by atoms with E-state index in [1.807, 2.05) is 0 Å². The quantitative estimate of drug-likeness (QED) is 0.240. The topological polar surface area (TPSA) is 119 Å². The molecule has 0 radical (unpaired) electrons. The lowest BCUT2D eigenvalue weighted by Gasteiger charge is -2.29. The highest BCUT2D eigenvalue weighted by molar-refractivity contribution is 7.59. The number of nitrogens with one attached hydrogen (secondary N) is 2. The van der Waals surface area contributed by atoms with Gasteiger partial charge in [-0.2, -0.15) is 13.2 Å². The molecule has 1 heterocycles. The van der Waals surface area contributed by atoms with Gasteiger partial charge in [-0.15, -0.1) is 6.58 Å². The third-order valence-corrected chi connectivity index (χ3v) is 8.81. The van der Waals surface area contributed by atoms with Crippen LogP contribution < -0.4 is 10.6 Å². The highest BCUT2D eigenvalue weighted by Gasteiger charge is 2.65. The lowest BCUT2D eigenvalue weighted by molar-refractivity contribution is -0.138. The number of hydrogen-bond acceptors (Lipinski definition) is 5. The number of amides is 2. The Morgan fingerprint density at radius 3 is 2.70 bits per heavy atom. The van der Waals surface area contributed by atoms with Crippen LogP contribution in [0.25, 0.3) is 0 Å². The van der Waals surface area contributed by atoms with E-state index in [1.165, 1.54) is 23.1 Å². The number of aliphatic hydroxyl groups is 1.